The maximum Gasteiger partial charge on any atom is 0.175 e. The van der Waals surface area contributed by atoms with Crippen molar-refractivity contribution in [3.8, 4) is 28.2 Å². The van der Waals surface area contributed by atoms with E-state index in [4.69, 9.17) is 11.6 Å². The number of halogens is 2. The van der Waals surface area contributed by atoms with Gasteiger partial charge in [0.25, 0.3) is 0 Å². The van der Waals surface area contributed by atoms with Crippen molar-refractivity contribution in [3.63, 3.8) is 0 Å². The van der Waals surface area contributed by atoms with Gasteiger partial charge in [-0.3, -0.25) is 0 Å². The van der Waals surface area contributed by atoms with Gasteiger partial charge in [0.2, 0.25) is 0 Å². The summed E-state index contributed by atoms with van der Waals surface area (Å²) in [5.74, 6) is -0.316. The van der Waals surface area contributed by atoms with Crippen LogP contribution in [0.3, 0.4) is 0 Å². The molecule has 0 saturated heterocycles. The molecule has 0 aliphatic heterocycles. The fourth-order valence-electron chi connectivity index (χ4n) is 3.26. The number of benzene rings is 3. The Bertz CT molecular complexity index is 1210. The number of hydrogen-bond acceptors (Lipinski definition) is 2. The third kappa shape index (κ3) is 3.97. The minimum atomic E-state index is -3.36. The smallest absolute Gasteiger partial charge is 0.175 e. The topological polar surface area (TPSA) is 39.1 Å². The second kappa shape index (κ2) is 7.50. The molecule has 3 aromatic carbocycles. The molecule has 0 bridgehead atoms. The molecule has 1 heterocycles. The largest absolute Gasteiger partial charge is 0.309 e. The molecule has 146 valence electrons. The van der Waals surface area contributed by atoms with E-state index in [0.29, 0.717) is 10.7 Å². The molecule has 0 N–H and O–H groups in total. The van der Waals surface area contributed by atoms with E-state index in [-0.39, 0.29) is 10.7 Å². The molecule has 0 aliphatic rings. The number of hydrogen-bond donors (Lipinski definition) is 0. The third-order valence-corrected chi connectivity index (χ3v) is 6.03. The van der Waals surface area contributed by atoms with E-state index >= 15 is 0 Å². The number of aromatic nitrogens is 1. The SMILES string of the molecule is CS(=O)(=O)c1cccc(-n2c(-c3ccc(F)cc3)ccc2-c2ccc(Cl)cc2)c1. The fourth-order valence-corrected chi connectivity index (χ4v) is 4.05. The van der Waals surface area contributed by atoms with Crippen molar-refractivity contribution in [3.05, 3.63) is 95.8 Å². The van der Waals surface area contributed by atoms with Gasteiger partial charge in [0.15, 0.2) is 9.84 Å². The van der Waals surface area contributed by atoms with E-state index in [0.717, 1.165) is 22.5 Å². The molecule has 0 aliphatic carbocycles. The first kappa shape index (κ1) is 19.4. The summed E-state index contributed by atoms with van der Waals surface area (Å²) in [6.45, 7) is 0. The molecule has 0 saturated carbocycles. The first-order chi connectivity index (χ1) is 13.8. The highest BCUT2D eigenvalue weighted by Crippen LogP contribution is 2.33. The highest BCUT2D eigenvalue weighted by Gasteiger charge is 2.16. The van der Waals surface area contributed by atoms with Gasteiger partial charge < -0.3 is 4.57 Å². The average molecular weight is 426 g/mol. The second-order valence-electron chi connectivity index (χ2n) is 6.72. The molecule has 4 aromatic rings. The summed E-state index contributed by atoms with van der Waals surface area (Å²) >= 11 is 6.03. The van der Waals surface area contributed by atoms with Gasteiger partial charge in [-0.2, -0.15) is 0 Å². The summed E-state index contributed by atoms with van der Waals surface area (Å²) in [4.78, 5) is 0.232. The maximum atomic E-state index is 13.4. The highest BCUT2D eigenvalue weighted by molar-refractivity contribution is 7.90. The molecule has 0 unspecified atom stereocenters. The second-order valence-corrected chi connectivity index (χ2v) is 9.17. The lowest BCUT2D eigenvalue weighted by atomic mass is 10.1. The lowest BCUT2D eigenvalue weighted by Gasteiger charge is -2.15. The van der Waals surface area contributed by atoms with Crippen LogP contribution in [0.4, 0.5) is 4.39 Å². The Hall–Kier alpha value is -2.89. The van der Waals surface area contributed by atoms with Crippen LogP contribution in [0.15, 0.2) is 89.8 Å². The zero-order chi connectivity index (χ0) is 20.6. The third-order valence-electron chi connectivity index (χ3n) is 4.66. The maximum absolute atomic E-state index is 13.4. The monoisotopic (exact) mass is 425 g/mol. The predicted molar refractivity (Wildman–Crippen MR) is 115 cm³/mol. The molecule has 0 spiro atoms. The molecule has 29 heavy (non-hydrogen) atoms. The first-order valence-electron chi connectivity index (χ1n) is 8.87. The van der Waals surface area contributed by atoms with Crippen LogP contribution >= 0.6 is 11.6 Å². The Morgan fingerprint density at radius 3 is 1.90 bits per heavy atom. The zero-order valence-corrected chi connectivity index (χ0v) is 17.1. The van der Waals surface area contributed by atoms with Gasteiger partial charge >= 0.3 is 0 Å². The van der Waals surface area contributed by atoms with Crippen molar-refractivity contribution in [2.24, 2.45) is 0 Å². The van der Waals surface area contributed by atoms with Crippen molar-refractivity contribution in [1.82, 2.24) is 4.57 Å². The quantitative estimate of drug-likeness (QED) is 0.401. The van der Waals surface area contributed by atoms with Gasteiger partial charge in [-0.15, -0.1) is 0 Å². The van der Waals surface area contributed by atoms with Crippen LogP contribution in [0.5, 0.6) is 0 Å². The molecule has 0 fully saturated rings. The number of rotatable bonds is 4. The summed E-state index contributed by atoms with van der Waals surface area (Å²) in [6, 6.07) is 24.3. The summed E-state index contributed by atoms with van der Waals surface area (Å²) in [6.07, 6.45) is 1.18. The number of sulfone groups is 1. The van der Waals surface area contributed by atoms with Crippen LogP contribution in [0, 0.1) is 5.82 Å². The van der Waals surface area contributed by atoms with Crippen LogP contribution in [-0.4, -0.2) is 19.2 Å². The van der Waals surface area contributed by atoms with Gasteiger partial charge in [-0.05, 0) is 77.9 Å². The Morgan fingerprint density at radius 1 is 0.793 bits per heavy atom. The minimum Gasteiger partial charge on any atom is -0.309 e. The first-order valence-corrected chi connectivity index (χ1v) is 11.1. The van der Waals surface area contributed by atoms with Crippen molar-refractivity contribution in [2.75, 3.05) is 6.26 Å². The Morgan fingerprint density at radius 2 is 1.34 bits per heavy atom. The van der Waals surface area contributed by atoms with E-state index < -0.39 is 9.84 Å². The molecule has 1 aromatic heterocycles. The molecule has 3 nitrogen and oxygen atoms in total. The van der Waals surface area contributed by atoms with Gasteiger partial charge in [-0.25, -0.2) is 12.8 Å². The summed E-state index contributed by atoms with van der Waals surface area (Å²) in [7, 11) is -3.36. The van der Waals surface area contributed by atoms with Crippen molar-refractivity contribution in [2.45, 2.75) is 4.90 Å². The van der Waals surface area contributed by atoms with Gasteiger partial charge in [0.05, 0.1) is 16.3 Å². The predicted octanol–water partition coefficient (Wildman–Crippen LogP) is 6.01. The standard InChI is InChI=1S/C23H17ClFNO2S/c1-29(27,28)21-4-2-3-20(15-21)26-22(16-5-9-18(24)10-6-16)13-14-23(26)17-7-11-19(25)12-8-17/h2-15H,1H3. The van der Waals surface area contributed by atoms with Crippen LogP contribution in [0.25, 0.3) is 28.2 Å². The van der Waals surface area contributed by atoms with Crippen molar-refractivity contribution >= 4 is 21.4 Å². The average Bonchev–Trinajstić information content (AvgIpc) is 3.13. The van der Waals surface area contributed by atoms with Gasteiger partial charge in [0, 0.05) is 17.0 Å². The lowest BCUT2D eigenvalue weighted by molar-refractivity contribution is 0.602. The number of nitrogens with zero attached hydrogens (tertiary/aromatic N) is 1. The Balaban J connectivity index is 1.98. The fraction of sp³-hybridized carbons (Fsp3) is 0.0435. The van der Waals surface area contributed by atoms with Crippen LogP contribution in [0.1, 0.15) is 0 Å². The molecule has 6 heteroatoms. The van der Waals surface area contributed by atoms with Gasteiger partial charge in [-0.1, -0.05) is 29.8 Å². The molecule has 0 atom stereocenters. The van der Waals surface area contributed by atoms with Crippen molar-refractivity contribution < 1.29 is 12.8 Å². The molecule has 0 amide bonds. The Labute approximate surface area is 173 Å². The van der Waals surface area contributed by atoms with E-state index in [1.807, 2.05) is 34.9 Å². The van der Waals surface area contributed by atoms with E-state index in [1.165, 1.54) is 18.4 Å². The van der Waals surface area contributed by atoms with Crippen LogP contribution in [0.2, 0.25) is 5.02 Å². The lowest BCUT2D eigenvalue weighted by Crippen LogP contribution is -2.03. The van der Waals surface area contributed by atoms with E-state index in [9.17, 15) is 12.8 Å². The normalized spacial score (nSPS) is 11.6. The van der Waals surface area contributed by atoms with Crippen molar-refractivity contribution in [1.29, 1.82) is 0 Å². The summed E-state index contributed by atoms with van der Waals surface area (Å²) in [5.41, 5.74) is 4.12. The molecule has 0 radical (unpaired) electrons. The Kier molecular flexibility index (Phi) is 5.03. The molecular formula is C23H17ClFNO2S. The van der Waals surface area contributed by atoms with Gasteiger partial charge in [0.1, 0.15) is 5.82 Å². The zero-order valence-electron chi connectivity index (χ0n) is 15.5. The van der Waals surface area contributed by atoms with E-state index in [1.54, 1.807) is 42.5 Å². The molecule has 4 rings (SSSR count). The van der Waals surface area contributed by atoms with Crippen LogP contribution < -0.4 is 0 Å². The van der Waals surface area contributed by atoms with Crippen LogP contribution in [-0.2, 0) is 9.84 Å². The van der Waals surface area contributed by atoms with E-state index in [2.05, 4.69) is 0 Å². The summed E-state index contributed by atoms with van der Waals surface area (Å²) < 4.78 is 39.5. The highest BCUT2D eigenvalue weighted by atomic mass is 35.5. The molecular weight excluding hydrogens is 409 g/mol. The minimum absolute atomic E-state index is 0.232. The summed E-state index contributed by atoms with van der Waals surface area (Å²) in [5, 5.41) is 0.629.